The molecule has 4 N–H and O–H groups in total. The third-order valence-electron chi connectivity index (χ3n) is 3.92. The minimum Gasteiger partial charge on any atom is -0.394 e. The van der Waals surface area contributed by atoms with Crippen LogP contribution in [0.5, 0.6) is 0 Å². The first-order valence-corrected chi connectivity index (χ1v) is 8.35. The molecule has 7 nitrogen and oxygen atoms in total. The SMILES string of the molecule is CC(C)Nc1nc2cc(Cl)c(Cl)cc2n1[C@@H]1O[C@H](CO)[C@H](O)[C@@H]1O. The minimum absolute atomic E-state index is 0.0728. The number of ether oxygens (including phenoxy) is 1. The van der Waals surface area contributed by atoms with Gasteiger partial charge >= 0.3 is 0 Å². The predicted octanol–water partition coefficient (Wildman–Crippen LogP) is 1.77. The first kappa shape index (κ1) is 17.7. The van der Waals surface area contributed by atoms with Gasteiger partial charge < -0.3 is 25.4 Å². The molecular formula is C15H19Cl2N3O4. The summed E-state index contributed by atoms with van der Waals surface area (Å²) in [7, 11) is 0. The Morgan fingerprint density at radius 2 is 1.92 bits per heavy atom. The van der Waals surface area contributed by atoms with Crippen LogP contribution in [-0.2, 0) is 4.74 Å². The lowest BCUT2D eigenvalue weighted by Crippen LogP contribution is -2.33. The van der Waals surface area contributed by atoms with E-state index in [1.165, 1.54) is 0 Å². The van der Waals surface area contributed by atoms with Gasteiger partial charge in [-0.3, -0.25) is 4.57 Å². The van der Waals surface area contributed by atoms with E-state index in [-0.39, 0.29) is 6.04 Å². The van der Waals surface area contributed by atoms with E-state index in [0.717, 1.165) is 0 Å². The highest BCUT2D eigenvalue weighted by molar-refractivity contribution is 6.42. The van der Waals surface area contributed by atoms with Gasteiger partial charge in [-0.05, 0) is 26.0 Å². The van der Waals surface area contributed by atoms with Crippen LogP contribution in [0.4, 0.5) is 5.95 Å². The summed E-state index contributed by atoms with van der Waals surface area (Å²) in [6, 6.07) is 3.33. The summed E-state index contributed by atoms with van der Waals surface area (Å²) in [5.74, 6) is 0.452. The number of fused-ring (bicyclic) bond motifs is 1. The van der Waals surface area contributed by atoms with Crippen molar-refractivity contribution in [3.63, 3.8) is 0 Å². The van der Waals surface area contributed by atoms with Crippen LogP contribution in [0.25, 0.3) is 11.0 Å². The highest BCUT2D eigenvalue weighted by Gasteiger charge is 2.44. The Kier molecular flexibility index (Phi) is 4.92. The number of benzene rings is 1. The Morgan fingerprint density at radius 1 is 1.25 bits per heavy atom. The second kappa shape index (κ2) is 6.67. The van der Waals surface area contributed by atoms with Gasteiger partial charge in [-0.1, -0.05) is 23.2 Å². The summed E-state index contributed by atoms with van der Waals surface area (Å²) in [6.45, 7) is 3.49. The van der Waals surface area contributed by atoms with E-state index in [1.54, 1.807) is 16.7 Å². The van der Waals surface area contributed by atoms with Crippen LogP contribution in [0.2, 0.25) is 10.0 Å². The van der Waals surface area contributed by atoms with E-state index < -0.39 is 31.1 Å². The first-order valence-electron chi connectivity index (χ1n) is 7.59. The second-order valence-electron chi connectivity index (χ2n) is 6.09. The molecule has 0 unspecified atom stereocenters. The molecule has 4 atom stereocenters. The summed E-state index contributed by atoms with van der Waals surface area (Å²) in [4.78, 5) is 4.48. The van der Waals surface area contributed by atoms with E-state index in [2.05, 4.69) is 10.3 Å². The molecule has 24 heavy (non-hydrogen) atoms. The number of nitrogens with one attached hydrogen (secondary N) is 1. The van der Waals surface area contributed by atoms with Crippen LogP contribution in [0.3, 0.4) is 0 Å². The Labute approximate surface area is 148 Å². The van der Waals surface area contributed by atoms with E-state index in [0.29, 0.717) is 27.0 Å². The highest BCUT2D eigenvalue weighted by Crippen LogP contribution is 2.37. The van der Waals surface area contributed by atoms with Crippen LogP contribution in [-0.4, -0.2) is 55.8 Å². The zero-order valence-electron chi connectivity index (χ0n) is 13.1. The topological polar surface area (TPSA) is 99.8 Å². The Morgan fingerprint density at radius 3 is 2.50 bits per heavy atom. The number of nitrogens with zero attached hydrogens (tertiary/aromatic N) is 2. The maximum absolute atomic E-state index is 10.4. The molecule has 0 saturated carbocycles. The quantitative estimate of drug-likeness (QED) is 0.649. The largest absolute Gasteiger partial charge is 0.394 e. The molecule has 1 aromatic heterocycles. The van der Waals surface area contributed by atoms with E-state index in [4.69, 9.17) is 27.9 Å². The number of aliphatic hydroxyl groups excluding tert-OH is 3. The van der Waals surface area contributed by atoms with Crippen LogP contribution in [0.15, 0.2) is 12.1 Å². The van der Waals surface area contributed by atoms with Crippen molar-refractivity contribution in [1.29, 1.82) is 0 Å². The molecule has 132 valence electrons. The molecular weight excluding hydrogens is 357 g/mol. The average Bonchev–Trinajstić information content (AvgIpc) is 2.97. The van der Waals surface area contributed by atoms with Gasteiger partial charge in [0, 0.05) is 6.04 Å². The van der Waals surface area contributed by atoms with Crippen LogP contribution < -0.4 is 5.32 Å². The fourth-order valence-corrected chi connectivity index (χ4v) is 3.12. The predicted molar refractivity (Wildman–Crippen MR) is 91.5 cm³/mol. The Balaban J connectivity index is 2.15. The molecule has 0 radical (unpaired) electrons. The van der Waals surface area contributed by atoms with E-state index in [1.807, 2.05) is 13.8 Å². The van der Waals surface area contributed by atoms with Gasteiger partial charge in [-0.15, -0.1) is 0 Å². The summed E-state index contributed by atoms with van der Waals surface area (Å²) in [5, 5.41) is 33.6. The highest BCUT2D eigenvalue weighted by atomic mass is 35.5. The number of anilines is 1. The van der Waals surface area contributed by atoms with Gasteiger partial charge in [0.05, 0.1) is 27.7 Å². The van der Waals surface area contributed by atoms with Crippen LogP contribution in [0.1, 0.15) is 20.1 Å². The van der Waals surface area contributed by atoms with Crippen molar-refractivity contribution in [2.24, 2.45) is 0 Å². The van der Waals surface area contributed by atoms with Gasteiger partial charge in [0.1, 0.15) is 18.3 Å². The fraction of sp³-hybridized carbons (Fsp3) is 0.533. The summed E-state index contributed by atoms with van der Waals surface area (Å²) < 4.78 is 7.26. The lowest BCUT2D eigenvalue weighted by atomic mass is 10.1. The molecule has 1 aliphatic heterocycles. The molecule has 2 aromatic rings. The maximum Gasteiger partial charge on any atom is 0.206 e. The number of aliphatic hydroxyl groups is 3. The van der Waals surface area contributed by atoms with Crippen molar-refractivity contribution >= 4 is 40.2 Å². The third kappa shape index (κ3) is 2.96. The number of hydrogen-bond acceptors (Lipinski definition) is 6. The Bertz CT molecular complexity index is 752. The number of rotatable bonds is 4. The molecule has 0 amide bonds. The summed E-state index contributed by atoms with van der Waals surface area (Å²) in [6.07, 6.45) is -4.22. The molecule has 2 heterocycles. The number of aromatic nitrogens is 2. The Hall–Kier alpha value is -1.09. The standard InChI is InChI=1S/C15H19Cl2N3O4/c1-6(2)18-15-19-9-3-7(16)8(17)4-10(9)20(15)14-13(23)12(22)11(5-21)24-14/h3-4,6,11-14,21-23H,5H2,1-2H3,(H,18,19)/t11-,12+,13+,14-/m1/s1. The molecule has 0 bridgehead atoms. The molecule has 0 aliphatic carbocycles. The summed E-state index contributed by atoms with van der Waals surface area (Å²) >= 11 is 12.2. The smallest absolute Gasteiger partial charge is 0.206 e. The molecule has 1 aromatic carbocycles. The zero-order chi connectivity index (χ0) is 17.6. The van der Waals surface area contributed by atoms with Crippen LogP contribution >= 0.6 is 23.2 Å². The third-order valence-corrected chi connectivity index (χ3v) is 4.64. The normalized spacial score (nSPS) is 27.3. The van der Waals surface area contributed by atoms with E-state index >= 15 is 0 Å². The molecule has 3 rings (SSSR count). The molecule has 9 heteroatoms. The summed E-state index contributed by atoms with van der Waals surface area (Å²) in [5.41, 5.74) is 1.17. The number of halogens is 2. The maximum atomic E-state index is 10.4. The molecule has 1 fully saturated rings. The van der Waals surface area contributed by atoms with Gasteiger partial charge in [0.25, 0.3) is 0 Å². The van der Waals surface area contributed by atoms with Crippen molar-refractivity contribution in [2.75, 3.05) is 11.9 Å². The average molecular weight is 376 g/mol. The van der Waals surface area contributed by atoms with Crippen molar-refractivity contribution in [1.82, 2.24) is 9.55 Å². The monoisotopic (exact) mass is 375 g/mol. The van der Waals surface area contributed by atoms with Gasteiger partial charge in [-0.25, -0.2) is 4.98 Å². The van der Waals surface area contributed by atoms with Crippen LogP contribution in [0, 0.1) is 0 Å². The van der Waals surface area contributed by atoms with Gasteiger partial charge in [0.2, 0.25) is 5.95 Å². The minimum atomic E-state index is -1.22. The van der Waals surface area contributed by atoms with Crippen molar-refractivity contribution in [3.8, 4) is 0 Å². The zero-order valence-corrected chi connectivity index (χ0v) is 14.7. The second-order valence-corrected chi connectivity index (χ2v) is 6.90. The van der Waals surface area contributed by atoms with Crippen molar-refractivity contribution < 1.29 is 20.1 Å². The van der Waals surface area contributed by atoms with Crippen molar-refractivity contribution in [2.45, 2.75) is 44.4 Å². The molecule has 1 aliphatic rings. The first-order chi connectivity index (χ1) is 11.3. The van der Waals surface area contributed by atoms with Gasteiger partial charge in [-0.2, -0.15) is 0 Å². The van der Waals surface area contributed by atoms with E-state index in [9.17, 15) is 15.3 Å². The lowest BCUT2D eigenvalue weighted by molar-refractivity contribution is -0.0499. The van der Waals surface area contributed by atoms with Gasteiger partial charge in [0.15, 0.2) is 6.23 Å². The van der Waals surface area contributed by atoms with Crippen molar-refractivity contribution in [3.05, 3.63) is 22.2 Å². The molecule has 1 saturated heterocycles. The number of hydrogen-bond donors (Lipinski definition) is 4. The fourth-order valence-electron chi connectivity index (χ4n) is 2.80. The lowest BCUT2D eigenvalue weighted by Gasteiger charge is -2.21. The number of imidazole rings is 1. The molecule has 0 spiro atoms.